The molecule has 0 aromatic rings. The molecule has 1 aliphatic rings. The Kier molecular flexibility index (Phi) is 3.74. The lowest BCUT2D eigenvalue weighted by Gasteiger charge is -2.28. The van der Waals surface area contributed by atoms with Crippen LogP contribution in [0.25, 0.3) is 0 Å². The number of hydrogen-bond acceptors (Lipinski definition) is 2. The minimum Gasteiger partial charge on any atom is -0.330 e. The molecule has 0 radical (unpaired) electrons. The average Bonchev–Trinajstić information content (AvgIpc) is 2.48. The first kappa shape index (κ1) is 11.0. The van der Waals surface area contributed by atoms with Crippen molar-refractivity contribution in [1.29, 1.82) is 0 Å². The zero-order valence-corrected chi connectivity index (χ0v) is 9.34. The molecule has 1 heterocycles. The van der Waals surface area contributed by atoms with Crippen LogP contribution in [0.15, 0.2) is 0 Å². The van der Waals surface area contributed by atoms with Crippen LogP contribution in [0.2, 0.25) is 0 Å². The van der Waals surface area contributed by atoms with Crippen LogP contribution in [0.1, 0.15) is 40.0 Å². The second-order valence-corrected chi connectivity index (χ2v) is 5.15. The summed E-state index contributed by atoms with van der Waals surface area (Å²) in [7, 11) is 0. The average molecular weight is 184 g/mol. The lowest BCUT2D eigenvalue weighted by Crippen LogP contribution is -2.33. The molecule has 2 nitrogen and oxygen atoms in total. The smallest absolute Gasteiger partial charge is 0.00674 e. The highest BCUT2D eigenvalue weighted by atomic mass is 15.2. The van der Waals surface area contributed by atoms with Gasteiger partial charge in [0.2, 0.25) is 0 Å². The van der Waals surface area contributed by atoms with Crippen molar-refractivity contribution in [1.82, 2.24) is 4.90 Å². The van der Waals surface area contributed by atoms with E-state index in [1.54, 1.807) is 0 Å². The molecule has 0 spiro atoms. The summed E-state index contributed by atoms with van der Waals surface area (Å²) in [5, 5.41) is 0. The summed E-state index contributed by atoms with van der Waals surface area (Å²) in [6, 6.07) is 0.800. The topological polar surface area (TPSA) is 29.3 Å². The Hall–Kier alpha value is -0.0800. The van der Waals surface area contributed by atoms with Gasteiger partial charge in [0.15, 0.2) is 0 Å². The van der Waals surface area contributed by atoms with Gasteiger partial charge in [-0.25, -0.2) is 0 Å². The third kappa shape index (κ3) is 3.28. The predicted molar refractivity (Wildman–Crippen MR) is 57.7 cm³/mol. The van der Waals surface area contributed by atoms with Crippen LogP contribution in [-0.2, 0) is 0 Å². The van der Waals surface area contributed by atoms with E-state index in [0.29, 0.717) is 5.41 Å². The number of nitrogens with zero attached hydrogens (tertiary/aromatic N) is 1. The fourth-order valence-corrected chi connectivity index (χ4v) is 1.87. The van der Waals surface area contributed by atoms with Crippen molar-refractivity contribution in [2.75, 3.05) is 19.6 Å². The van der Waals surface area contributed by atoms with E-state index in [4.69, 9.17) is 5.73 Å². The minimum absolute atomic E-state index is 0.322. The second-order valence-electron chi connectivity index (χ2n) is 5.15. The molecule has 2 heteroatoms. The van der Waals surface area contributed by atoms with Crippen molar-refractivity contribution in [3.63, 3.8) is 0 Å². The molecule has 1 saturated heterocycles. The Bertz CT molecular complexity index is 154. The first-order chi connectivity index (χ1) is 6.05. The van der Waals surface area contributed by atoms with Crippen molar-refractivity contribution in [3.05, 3.63) is 0 Å². The largest absolute Gasteiger partial charge is 0.330 e. The molecule has 0 aromatic heterocycles. The summed E-state index contributed by atoms with van der Waals surface area (Å²) >= 11 is 0. The molecular weight excluding hydrogens is 160 g/mol. The number of nitrogens with two attached hydrogens (primary N) is 1. The van der Waals surface area contributed by atoms with Crippen molar-refractivity contribution < 1.29 is 0 Å². The zero-order valence-electron chi connectivity index (χ0n) is 9.34. The molecule has 1 unspecified atom stereocenters. The standard InChI is InChI=1S/C11H24N2/c1-10-5-4-7-13(10)8-6-11(2,3)9-12/h10H,4-9,12H2,1-3H3. The van der Waals surface area contributed by atoms with Gasteiger partial charge in [-0.3, -0.25) is 0 Å². The van der Waals surface area contributed by atoms with E-state index in [2.05, 4.69) is 25.7 Å². The van der Waals surface area contributed by atoms with Crippen molar-refractivity contribution in [2.45, 2.75) is 46.1 Å². The Morgan fingerprint density at radius 3 is 2.62 bits per heavy atom. The molecule has 0 bridgehead atoms. The van der Waals surface area contributed by atoms with E-state index >= 15 is 0 Å². The number of rotatable bonds is 4. The maximum atomic E-state index is 5.71. The van der Waals surface area contributed by atoms with Crippen LogP contribution in [0.5, 0.6) is 0 Å². The Morgan fingerprint density at radius 1 is 1.46 bits per heavy atom. The normalized spacial score (nSPS) is 25.4. The molecule has 0 aliphatic carbocycles. The molecule has 0 saturated carbocycles. The molecule has 1 fully saturated rings. The third-order valence-electron chi connectivity index (χ3n) is 3.32. The number of likely N-dealkylation sites (tertiary alicyclic amines) is 1. The summed E-state index contributed by atoms with van der Waals surface area (Å²) in [5.41, 5.74) is 6.03. The van der Waals surface area contributed by atoms with E-state index in [9.17, 15) is 0 Å². The summed E-state index contributed by atoms with van der Waals surface area (Å²) in [6.07, 6.45) is 3.99. The second kappa shape index (κ2) is 4.43. The van der Waals surface area contributed by atoms with Gasteiger partial charge in [0, 0.05) is 6.04 Å². The summed E-state index contributed by atoms with van der Waals surface area (Å²) in [6.45, 7) is 10.2. The van der Waals surface area contributed by atoms with Crippen molar-refractivity contribution in [3.8, 4) is 0 Å². The molecule has 1 aliphatic heterocycles. The lowest BCUT2D eigenvalue weighted by molar-refractivity contribution is 0.217. The molecule has 78 valence electrons. The van der Waals surface area contributed by atoms with Gasteiger partial charge in [-0.1, -0.05) is 13.8 Å². The Morgan fingerprint density at radius 2 is 2.15 bits per heavy atom. The van der Waals surface area contributed by atoms with Crippen LogP contribution >= 0.6 is 0 Å². The molecular formula is C11H24N2. The first-order valence-electron chi connectivity index (χ1n) is 5.49. The van der Waals surface area contributed by atoms with Crippen LogP contribution < -0.4 is 5.73 Å². The van der Waals surface area contributed by atoms with Gasteiger partial charge in [0.25, 0.3) is 0 Å². The van der Waals surface area contributed by atoms with Crippen LogP contribution in [0.4, 0.5) is 0 Å². The molecule has 0 amide bonds. The molecule has 13 heavy (non-hydrogen) atoms. The fraction of sp³-hybridized carbons (Fsp3) is 1.00. The van der Waals surface area contributed by atoms with Gasteiger partial charge < -0.3 is 10.6 Å². The summed E-state index contributed by atoms with van der Waals surface area (Å²) in [4.78, 5) is 2.59. The van der Waals surface area contributed by atoms with Crippen LogP contribution in [0.3, 0.4) is 0 Å². The van der Waals surface area contributed by atoms with Crippen LogP contribution in [-0.4, -0.2) is 30.6 Å². The van der Waals surface area contributed by atoms with Gasteiger partial charge in [-0.05, 0) is 51.2 Å². The molecule has 1 atom stereocenters. The van der Waals surface area contributed by atoms with Gasteiger partial charge in [0.1, 0.15) is 0 Å². The maximum absolute atomic E-state index is 5.71. The fourth-order valence-electron chi connectivity index (χ4n) is 1.87. The summed E-state index contributed by atoms with van der Waals surface area (Å²) < 4.78 is 0. The van der Waals surface area contributed by atoms with Crippen molar-refractivity contribution in [2.24, 2.45) is 11.1 Å². The highest BCUT2D eigenvalue weighted by molar-refractivity contribution is 4.78. The van der Waals surface area contributed by atoms with Gasteiger partial charge >= 0.3 is 0 Å². The zero-order chi connectivity index (χ0) is 9.90. The van der Waals surface area contributed by atoms with Crippen molar-refractivity contribution >= 4 is 0 Å². The summed E-state index contributed by atoms with van der Waals surface area (Å²) in [5.74, 6) is 0. The lowest BCUT2D eigenvalue weighted by atomic mass is 9.89. The van der Waals surface area contributed by atoms with E-state index in [-0.39, 0.29) is 0 Å². The van der Waals surface area contributed by atoms with Gasteiger partial charge in [-0.2, -0.15) is 0 Å². The third-order valence-corrected chi connectivity index (χ3v) is 3.32. The highest BCUT2D eigenvalue weighted by Crippen LogP contribution is 2.22. The maximum Gasteiger partial charge on any atom is 0.00674 e. The van der Waals surface area contributed by atoms with E-state index in [0.717, 1.165) is 12.6 Å². The predicted octanol–water partition coefficient (Wildman–Crippen LogP) is 1.85. The molecule has 1 rings (SSSR count). The van der Waals surface area contributed by atoms with Gasteiger partial charge in [0.05, 0.1) is 0 Å². The Labute approximate surface area is 82.5 Å². The van der Waals surface area contributed by atoms with Gasteiger partial charge in [-0.15, -0.1) is 0 Å². The SMILES string of the molecule is CC1CCCN1CCC(C)(C)CN. The minimum atomic E-state index is 0.322. The van der Waals surface area contributed by atoms with E-state index in [1.807, 2.05) is 0 Å². The number of hydrogen-bond donors (Lipinski definition) is 1. The van der Waals surface area contributed by atoms with E-state index in [1.165, 1.54) is 32.4 Å². The van der Waals surface area contributed by atoms with E-state index < -0.39 is 0 Å². The quantitative estimate of drug-likeness (QED) is 0.722. The highest BCUT2D eigenvalue weighted by Gasteiger charge is 2.23. The first-order valence-corrected chi connectivity index (χ1v) is 5.49. The van der Waals surface area contributed by atoms with Crippen LogP contribution in [0, 0.1) is 5.41 Å². The Balaban J connectivity index is 2.25. The monoisotopic (exact) mass is 184 g/mol. The molecule has 0 aromatic carbocycles. The molecule has 2 N–H and O–H groups in total.